The lowest BCUT2D eigenvalue weighted by Crippen LogP contribution is -2.10. The van der Waals surface area contributed by atoms with Crippen molar-refractivity contribution in [3.63, 3.8) is 0 Å². The van der Waals surface area contributed by atoms with Gasteiger partial charge in [0.25, 0.3) is 0 Å². The highest BCUT2D eigenvalue weighted by Crippen LogP contribution is 2.28. The average Bonchev–Trinajstić information content (AvgIpc) is 2.79. The highest BCUT2D eigenvalue weighted by atomic mass is 79.9. The Balaban J connectivity index is 2.22. The van der Waals surface area contributed by atoms with Gasteiger partial charge in [-0.3, -0.25) is 0 Å². The minimum absolute atomic E-state index is 0.0760. The number of H-pyrrole nitrogens is 1. The molecule has 90 valence electrons. The largest absolute Gasteiger partial charge is 0.397 e. The van der Waals surface area contributed by atoms with Crippen LogP contribution in [0.5, 0.6) is 0 Å². The van der Waals surface area contributed by atoms with Crippen LogP contribution in [0.25, 0.3) is 0 Å². The molecular weight excluding hydrogens is 287 g/mol. The minimum atomic E-state index is -0.353. The maximum absolute atomic E-state index is 13.4. The van der Waals surface area contributed by atoms with E-state index < -0.39 is 0 Å². The molecule has 2 aromatic rings. The van der Waals surface area contributed by atoms with E-state index in [2.05, 4.69) is 31.2 Å². The van der Waals surface area contributed by atoms with Crippen molar-refractivity contribution in [2.75, 3.05) is 11.1 Å². The lowest BCUT2D eigenvalue weighted by molar-refractivity contribution is 0.621. The van der Waals surface area contributed by atoms with Crippen LogP contribution < -0.4 is 11.1 Å². The number of aromatic nitrogens is 2. The number of hydrogen-bond donors (Lipinski definition) is 3. The monoisotopic (exact) mass is 298 g/mol. The molecule has 0 fully saturated rings. The Hall–Kier alpha value is -1.56. The fourth-order valence-corrected chi connectivity index (χ4v) is 1.86. The molecule has 0 radical (unpaired) electrons. The number of benzene rings is 1. The first-order valence-corrected chi connectivity index (χ1v) is 5.87. The Kier molecular flexibility index (Phi) is 3.33. The molecule has 0 saturated heterocycles. The first kappa shape index (κ1) is 11.9. The van der Waals surface area contributed by atoms with Gasteiger partial charge in [-0.15, -0.1) is 0 Å². The molecule has 1 aromatic heterocycles. The van der Waals surface area contributed by atoms with Gasteiger partial charge in [-0.1, -0.05) is 0 Å². The number of nitrogens with zero attached hydrogens (tertiary/aromatic N) is 1. The Morgan fingerprint density at radius 3 is 2.94 bits per heavy atom. The number of nitrogen functional groups attached to an aromatic ring is 1. The van der Waals surface area contributed by atoms with Gasteiger partial charge in [-0.05, 0) is 28.9 Å². The van der Waals surface area contributed by atoms with Gasteiger partial charge in [-0.25, -0.2) is 9.37 Å². The van der Waals surface area contributed by atoms with Crippen LogP contribution in [-0.2, 0) is 0 Å². The van der Waals surface area contributed by atoms with E-state index in [9.17, 15) is 4.39 Å². The average molecular weight is 299 g/mol. The van der Waals surface area contributed by atoms with Crippen molar-refractivity contribution in [3.8, 4) is 0 Å². The predicted octanol–water partition coefficient (Wildman–Crippen LogP) is 3.07. The molecule has 2 rings (SSSR count). The summed E-state index contributed by atoms with van der Waals surface area (Å²) >= 11 is 3.08. The summed E-state index contributed by atoms with van der Waals surface area (Å²) in [6.07, 6.45) is 3.40. The predicted molar refractivity (Wildman–Crippen MR) is 69.1 cm³/mol. The fraction of sp³-hybridized carbons (Fsp3) is 0.182. The van der Waals surface area contributed by atoms with Crippen LogP contribution in [0.4, 0.5) is 15.8 Å². The second-order valence-electron chi connectivity index (χ2n) is 3.69. The number of hydrogen-bond acceptors (Lipinski definition) is 3. The van der Waals surface area contributed by atoms with Crippen LogP contribution in [0.15, 0.2) is 29.0 Å². The van der Waals surface area contributed by atoms with Crippen molar-refractivity contribution in [3.05, 3.63) is 40.6 Å². The normalized spacial score (nSPS) is 12.4. The van der Waals surface area contributed by atoms with E-state index in [-0.39, 0.29) is 11.9 Å². The second kappa shape index (κ2) is 4.75. The molecule has 17 heavy (non-hydrogen) atoms. The molecule has 6 heteroatoms. The molecule has 1 heterocycles. The van der Waals surface area contributed by atoms with Crippen molar-refractivity contribution in [1.82, 2.24) is 9.97 Å². The molecular formula is C11H12BrFN4. The number of nitrogens with one attached hydrogen (secondary N) is 2. The molecule has 0 aliphatic rings. The summed E-state index contributed by atoms with van der Waals surface area (Å²) in [5.74, 6) is 0.418. The van der Waals surface area contributed by atoms with Gasteiger partial charge in [0, 0.05) is 18.5 Å². The summed E-state index contributed by atoms with van der Waals surface area (Å²) in [6, 6.07) is 2.82. The van der Waals surface area contributed by atoms with Gasteiger partial charge < -0.3 is 16.0 Å². The van der Waals surface area contributed by atoms with E-state index in [0.717, 1.165) is 5.82 Å². The van der Waals surface area contributed by atoms with Crippen molar-refractivity contribution >= 4 is 27.3 Å². The quantitative estimate of drug-likeness (QED) is 0.763. The van der Waals surface area contributed by atoms with E-state index >= 15 is 0 Å². The molecule has 1 aromatic carbocycles. The minimum Gasteiger partial charge on any atom is -0.397 e. The molecule has 0 amide bonds. The fourth-order valence-electron chi connectivity index (χ4n) is 1.50. The number of imidazole rings is 1. The third-order valence-electron chi connectivity index (χ3n) is 2.39. The van der Waals surface area contributed by atoms with Gasteiger partial charge in [0.2, 0.25) is 0 Å². The molecule has 1 unspecified atom stereocenters. The third-order valence-corrected chi connectivity index (χ3v) is 3.00. The summed E-state index contributed by atoms with van der Waals surface area (Å²) in [5.41, 5.74) is 6.84. The van der Waals surface area contributed by atoms with Crippen LogP contribution in [0.1, 0.15) is 18.8 Å². The zero-order valence-corrected chi connectivity index (χ0v) is 10.8. The number of aromatic amines is 1. The summed E-state index contributed by atoms with van der Waals surface area (Å²) < 4.78 is 13.7. The van der Waals surface area contributed by atoms with Crippen LogP contribution in [0, 0.1) is 5.82 Å². The molecule has 0 aliphatic heterocycles. The highest BCUT2D eigenvalue weighted by molar-refractivity contribution is 9.10. The Labute approximate surface area is 107 Å². The Bertz CT molecular complexity index is 512. The van der Waals surface area contributed by atoms with Gasteiger partial charge in [0.05, 0.1) is 21.9 Å². The zero-order chi connectivity index (χ0) is 12.4. The number of anilines is 2. The summed E-state index contributed by atoms with van der Waals surface area (Å²) in [7, 11) is 0. The van der Waals surface area contributed by atoms with Crippen LogP contribution in [0.2, 0.25) is 0 Å². The topological polar surface area (TPSA) is 66.7 Å². The first-order valence-electron chi connectivity index (χ1n) is 5.08. The van der Waals surface area contributed by atoms with E-state index in [1.807, 2.05) is 6.92 Å². The first-order chi connectivity index (χ1) is 8.08. The van der Waals surface area contributed by atoms with E-state index in [1.165, 1.54) is 12.1 Å². The smallest absolute Gasteiger partial charge is 0.139 e. The van der Waals surface area contributed by atoms with E-state index in [1.54, 1.807) is 12.4 Å². The number of nitrogens with two attached hydrogens (primary N) is 1. The number of halogens is 2. The van der Waals surface area contributed by atoms with Crippen LogP contribution in [0.3, 0.4) is 0 Å². The summed E-state index contributed by atoms with van der Waals surface area (Å²) in [6.45, 7) is 1.91. The van der Waals surface area contributed by atoms with Gasteiger partial charge in [0.15, 0.2) is 0 Å². The second-order valence-corrected chi connectivity index (χ2v) is 4.55. The molecule has 1 atom stereocenters. The molecule has 4 N–H and O–H groups in total. The highest BCUT2D eigenvalue weighted by Gasteiger charge is 2.11. The molecule has 4 nitrogen and oxygen atoms in total. The van der Waals surface area contributed by atoms with E-state index in [4.69, 9.17) is 5.73 Å². The number of rotatable bonds is 3. The molecule has 0 aliphatic carbocycles. The van der Waals surface area contributed by atoms with Crippen LogP contribution >= 0.6 is 15.9 Å². The maximum Gasteiger partial charge on any atom is 0.139 e. The van der Waals surface area contributed by atoms with Crippen molar-refractivity contribution in [2.45, 2.75) is 13.0 Å². The lowest BCUT2D eigenvalue weighted by Gasteiger charge is -2.15. The third kappa shape index (κ3) is 2.58. The Morgan fingerprint density at radius 1 is 1.53 bits per heavy atom. The van der Waals surface area contributed by atoms with Crippen molar-refractivity contribution in [2.24, 2.45) is 0 Å². The van der Waals surface area contributed by atoms with Gasteiger partial charge in [-0.2, -0.15) is 0 Å². The maximum atomic E-state index is 13.4. The van der Waals surface area contributed by atoms with E-state index in [0.29, 0.717) is 15.8 Å². The van der Waals surface area contributed by atoms with Gasteiger partial charge in [0.1, 0.15) is 11.6 Å². The SMILES string of the molecule is CC(Nc1cc(F)c(Br)cc1N)c1ncc[nH]1. The standard InChI is InChI=1S/C11H12BrFN4/c1-6(11-15-2-3-16-11)17-10-5-8(13)7(12)4-9(10)14/h2-6,17H,14H2,1H3,(H,15,16). The van der Waals surface area contributed by atoms with Crippen molar-refractivity contribution in [1.29, 1.82) is 0 Å². The summed E-state index contributed by atoms with van der Waals surface area (Å²) in [5, 5.41) is 3.10. The Morgan fingerprint density at radius 2 is 2.29 bits per heavy atom. The molecule has 0 spiro atoms. The zero-order valence-electron chi connectivity index (χ0n) is 9.17. The lowest BCUT2D eigenvalue weighted by atomic mass is 10.2. The summed E-state index contributed by atoms with van der Waals surface area (Å²) in [4.78, 5) is 7.11. The van der Waals surface area contributed by atoms with Crippen molar-refractivity contribution < 1.29 is 4.39 Å². The molecule has 0 bridgehead atoms. The van der Waals surface area contributed by atoms with Gasteiger partial charge >= 0.3 is 0 Å². The molecule has 0 saturated carbocycles. The van der Waals surface area contributed by atoms with Crippen LogP contribution in [-0.4, -0.2) is 9.97 Å².